The fraction of sp³-hybridized carbons (Fsp3) is 0.692. The molecule has 1 aromatic heterocycles. The van der Waals surface area contributed by atoms with Gasteiger partial charge in [-0.15, -0.1) is 0 Å². The third kappa shape index (κ3) is 3.18. The van der Waals surface area contributed by atoms with Crippen LogP contribution in [0.5, 0.6) is 0 Å². The largest absolute Gasteiger partial charge is 0.382 e. The lowest BCUT2D eigenvalue weighted by Crippen LogP contribution is -2.28. The van der Waals surface area contributed by atoms with E-state index in [0.717, 1.165) is 17.5 Å². The number of amides is 1. The van der Waals surface area contributed by atoms with Crippen LogP contribution in [0, 0.1) is 5.92 Å². The molecule has 0 spiro atoms. The van der Waals surface area contributed by atoms with Gasteiger partial charge in [0.2, 0.25) is 0 Å². The molecule has 1 amide bonds. The zero-order valence-corrected chi connectivity index (χ0v) is 12.4. The van der Waals surface area contributed by atoms with Crippen molar-refractivity contribution in [2.75, 3.05) is 31.3 Å². The van der Waals surface area contributed by atoms with Crippen molar-refractivity contribution in [3.8, 4) is 0 Å². The summed E-state index contributed by atoms with van der Waals surface area (Å²) in [6.07, 6.45) is 6.58. The first-order valence-corrected chi connectivity index (χ1v) is 7.59. The van der Waals surface area contributed by atoms with Crippen LogP contribution < -0.4 is 16.0 Å². The second kappa shape index (κ2) is 6.23. The van der Waals surface area contributed by atoms with Crippen molar-refractivity contribution in [2.24, 2.45) is 5.92 Å². The molecule has 0 aromatic carbocycles. The van der Waals surface area contributed by atoms with E-state index in [4.69, 9.17) is 5.73 Å². The summed E-state index contributed by atoms with van der Waals surface area (Å²) in [7, 11) is 3.64. The normalized spacial score (nSPS) is 16.3. The Morgan fingerprint density at radius 3 is 2.79 bits per heavy atom. The first kappa shape index (κ1) is 14.1. The van der Waals surface area contributed by atoms with Crippen LogP contribution in [0.25, 0.3) is 0 Å². The van der Waals surface area contributed by atoms with Crippen LogP contribution in [-0.4, -0.2) is 30.9 Å². The average Bonchev–Trinajstić information content (AvgIpc) is 2.81. The molecular weight excluding hydrogens is 260 g/mol. The van der Waals surface area contributed by atoms with Crippen LogP contribution in [0.2, 0.25) is 0 Å². The van der Waals surface area contributed by atoms with Crippen LogP contribution in [0.3, 0.4) is 0 Å². The number of anilines is 2. The van der Waals surface area contributed by atoms with Gasteiger partial charge in [0.1, 0.15) is 10.6 Å². The van der Waals surface area contributed by atoms with E-state index in [1.165, 1.54) is 43.6 Å². The van der Waals surface area contributed by atoms with Crippen LogP contribution in [0.1, 0.15) is 42.5 Å². The van der Waals surface area contributed by atoms with Gasteiger partial charge in [0.15, 0.2) is 5.82 Å². The summed E-state index contributed by atoms with van der Waals surface area (Å²) in [5, 5.41) is 3.51. The van der Waals surface area contributed by atoms with Gasteiger partial charge in [-0.2, -0.15) is 4.37 Å². The van der Waals surface area contributed by atoms with E-state index in [0.29, 0.717) is 11.4 Å². The molecule has 0 unspecified atom stereocenters. The Hall–Kier alpha value is -1.30. The van der Waals surface area contributed by atoms with Crippen LogP contribution >= 0.6 is 11.5 Å². The average molecular weight is 282 g/mol. The number of carbonyl (C=O) groups is 1. The standard InChI is InChI=1S/C13H22N4OS/c1-15-12(18)10-11(14)16-19-13(10)17(2)8-9-6-4-3-5-7-9/h9H,3-8H2,1-2H3,(H2,14,16)(H,15,18). The summed E-state index contributed by atoms with van der Waals surface area (Å²) < 4.78 is 4.12. The number of rotatable bonds is 4. The second-order valence-electron chi connectivity index (χ2n) is 5.21. The summed E-state index contributed by atoms with van der Waals surface area (Å²) in [4.78, 5) is 14.0. The summed E-state index contributed by atoms with van der Waals surface area (Å²) in [5.41, 5.74) is 6.32. The Labute approximate surface area is 118 Å². The molecule has 3 N–H and O–H groups in total. The molecule has 0 radical (unpaired) electrons. The van der Waals surface area contributed by atoms with Gasteiger partial charge >= 0.3 is 0 Å². The molecule has 1 aromatic rings. The number of nitrogens with zero attached hydrogens (tertiary/aromatic N) is 2. The molecule has 5 nitrogen and oxygen atoms in total. The van der Waals surface area contributed by atoms with E-state index in [9.17, 15) is 4.79 Å². The topological polar surface area (TPSA) is 71.2 Å². The van der Waals surface area contributed by atoms with E-state index >= 15 is 0 Å². The van der Waals surface area contributed by atoms with Crippen molar-refractivity contribution in [1.29, 1.82) is 0 Å². The third-order valence-corrected chi connectivity index (χ3v) is 4.73. The molecule has 1 fully saturated rings. The Morgan fingerprint density at radius 1 is 1.47 bits per heavy atom. The maximum atomic E-state index is 11.9. The Morgan fingerprint density at radius 2 is 2.16 bits per heavy atom. The molecular formula is C13H22N4OS. The minimum Gasteiger partial charge on any atom is -0.382 e. The molecule has 1 aliphatic carbocycles. The number of hydrogen-bond acceptors (Lipinski definition) is 5. The van der Waals surface area contributed by atoms with Gasteiger partial charge < -0.3 is 16.0 Å². The van der Waals surface area contributed by atoms with E-state index in [1.54, 1.807) is 7.05 Å². The lowest BCUT2D eigenvalue weighted by molar-refractivity contribution is 0.0964. The second-order valence-corrected chi connectivity index (χ2v) is 5.96. The van der Waals surface area contributed by atoms with Gasteiger partial charge in [-0.3, -0.25) is 4.79 Å². The molecule has 106 valence electrons. The number of nitrogens with two attached hydrogens (primary N) is 1. The molecule has 0 atom stereocenters. The van der Waals surface area contributed by atoms with Crippen LogP contribution in [0.15, 0.2) is 0 Å². The van der Waals surface area contributed by atoms with E-state index in [1.807, 2.05) is 7.05 Å². The predicted octanol–water partition coefficient (Wildman–Crippen LogP) is 2.10. The van der Waals surface area contributed by atoms with Crippen molar-refractivity contribution >= 4 is 28.3 Å². The first-order valence-electron chi connectivity index (χ1n) is 6.81. The van der Waals surface area contributed by atoms with Crippen molar-refractivity contribution in [2.45, 2.75) is 32.1 Å². The fourth-order valence-electron chi connectivity index (χ4n) is 2.73. The van der Waals surface area contributed by atoms with E-state index in [2.05, 4.69) is 14.6 Å². The molecule has 2 rings (SSSR count). The van der Waals surface area contributed by atoms with Gasteiger partial charge in [-0.05, 0) is 30.3 Å². The highest BCUT2D eigenvalue weighted by Gasteiger charge is 2.23. The molecule has 0 bridgehead atoms. The molecule has 1 saturated carbocycles. The maximum absolute atomic E-state index is 11.9. The van der Waals surface area contributed by atoms with E-state index < -0.39 is 0 Å². The maximum Gasteiger partial charge on any atom is 0.257 e. The van der Waals surface area contributed by atoms with Crippen molar-refractivity contribution < 1.29 is 4.79 Å². The molecule has 1 aliphatic rings. The zero-order chi connectivity index (χ0) is 13.8. The Bertz CT molecular complexity index is 440. The summed E-state index contributed by atoms with van der Waals surface area (Å²) in [5.74, 6) is 0.895. The summed E-state index contributed by atoms with van der Waals surface area (Å²) >= 11 is 1.31. The highest BCUT2D eigenvalue weighted by Crippen LogP contribution is 2.32. The molecule has 19 heavy (non-hydrogen) atoms. The number of carbonyl (C=O) groups excluding carboxylic acids is 1. The van der Waals surface area contributed by atoms with Crippen molar-refractivity contribution in [3.05, 3.63) is 5.56 Å². The molecule has 6 heteroatoms. The zero-order valence-electron chi connectivity index (χ0n) is 11.6. The lowest BCUT2D eigenvalue weighted by atomic mass is 9.89. The monoisotopic (exact) mass is 282 g/mol. The van der Waals surface area contributed by atoms with Gasteiger partial charge in [-0.25, -0.2) is 0 Å². The third-order valence-electron chi connectivity index (χ3n) is 3.76. The number of hydrogen-bond donors (Lipinski definition) is 2. The van der Waals surface area contributed by atoms with Crippen LogP contribution in [-0.2, 0) is 0 Å². The minimum atomic E-state index is -0.156. The quantitative estimate of drug-likeness (QED) is 0.887. The van der Waals surface area contributed by atoms with Gasteiger partial charge in [0.25, 0.3) is 5.91 Å². The summed E-state index contributed by atoms with van der Waals surface area (Å²) in [6.45, 7) is 0.978. The van der Waals surface area contributed by atoms with Crippen molar-refractivity contribution in [1.82, 2.24) is 9.69 Å². The highest BCUT2D eigenvalue weighted by molar-refractivity contribution is 7.11. The Balaban J connectivity index is 2.10. The van der Waals surface area contributed by atoms with Gasteiger partial charge in [0.05, 0.1) is 0 Å². The Kier molecular flexibility index (Phi) is 4.63. The van der Waals surface area contributed by atoms with Crippen LogP contribution in [0.4, 0.5) is 10.8 Å². The predicted molar refractivity (Wildman–Crippen MR) is 79.8 cm³/mol. The molecule has 0 saturated heterocycles. The fourth-order valence-corrected chi connectivity index (χ4v) is 3.51. The molecule has 0 aliphatic heterocycles. The first-order chi connectivity index (χ1) is 9.13. The lowest BCUT2D eigenvalue weighted by Gasteiger charge is -2.27. The van der Waals surface area contributed by atoms with Gasteiger partial charge in [0, 0.05) is 20.6 Å². The smallest absolute Gasteiger partial charge is 0.257 e. The minimum absolute atomic E-state index is 0.156. The van der Waals surface area contributed by atoms with E-state index in [-0.39, 0.29) is 5.91 Å². The summed E-state index contributed by atoms with van der Waals surface area (Å²) in [6, 6.07) is 0. The number of aromatic nitrogens is 1. The number of nitrogens with one attached hydrogen (secondary N) is 1. The van der Waals surface area contributed by atoms with Crippen molar-refractivity contribution in [3.63, 3.8) is 0 Å². The SMILES string of the molecule is CNC(=O)c1c(N)nsc1N(C)CC1CCCCC1. The molecule has 1 heterocycles. The number of nitrogen functional groups attached to an aromatic ring is 1. The van der Waals surface area contributed by atoms with Gasteiger partial charge in [-0.1, -0.05) is 19.3 Å². The highest BCUT2D eigenvalue weighted by atomic mass is 32.1.